The normalized spacial score (nSPS) is 10.8. The van der Waals surface area contributed by atoms with Crippen LogP contribution in [0.4, 0.5) is 15.8 Å². The van der Waals surface area contributed by atoms with Gasteiger partial charge < -0.3 is 16.4 Å². The predicted octanol–water partition coefficient (Wildman–Crippen LogP) is 4.97. The van der Waals surface area contributed by atoms with Gasteiger partial charge in [0.1, 0.15) is 0 Å². The first-order valence-electron chi connectivity index (χ1n) is 10.5. The van der Waals surface area contributed by atoms with E-state index >= 15 is 0 Å². The van der Waals surface area contributed by atoms with Gasteiger partial charge in [-0.25, -0.2) is 4.39 Å². The van der Waals surface area contributed by atoms with E-state index in [4.69, 9.17) is 5.73 Å². The molecule has 0 radical (unpaired) electrons. The molecule has 0 aliphatic carbocycles. The lowest BCUT2D eigenvalue weighted by Crippen LogP contribution is -2.14. The Bertz CT molecular complexity index is 1110. The van der Waals surface area contributed by atoms with E-state index in [2.05, 4.69) is 29.5 Å². The highest BCUT2D eigenvalue weighted by Gasteiger charge is 2.13. The number of rotatable bonds is 8. The molecule has 0 aliphatic rings. The number of halogens is 1. The molecule has 0 saturated heterocycles. The van der Waals surface area contributed by atoms with Crippen molar-refractivity contribution in [2.75, 3.05) is 10.6 Å². The summed E-state index contributed by atoms with van der Waals surface area (Å²) in [6, 6.07) is 14.0. The Morgan fingerprint density at radius 3 is 2.62 bits per heavy atom. The fourth-order valence-corrected chi connectivity index (χ4v) is 3.24. The minimum Gasteiger partial charge on any atom is -0.326 e. The third-order valence-corrected chi connectivity index (χ3v) is 5.02. The molecule has 0 bridgehead atoms. The Morgan fingerprint density at radius 2 is 1.91 bits per heavy atom. The van der Waals surface area contributed by atoms with Crippen molar-refractivity contribution < 1.29 is 14.0 Å². The van der Waals surface area contributed by atoms with Gasteiger partial charge in [0, 0.05) is 30.4 Å². The zero-order chi connectivity index (χ0) is 23.1. The molecule has 7 heteroatoms. The fraction of sp³-hybridized carbons (Fsp3) is 0.240. The van der Waals surface area contributed by atoms with Crippen LogP contribution in [0.25, 0.3) is 11.1 Å². The summed E-state index contributed by atoms with van der Waals surface area (Å²) in [5.74, 6) is -0.644. The molecule has 166 valence electrons. The average Bonchev–Trinajstić information content (AvgIpc) is 2.79. The second kappa shape index (κ2) is 10.6. The summed E-state index contributed by atoms with van der Waals surface area (Å²) in [7, 11) is 0. The van der Waals surface area contributed by atoms with Crippen molar-refractivity contribution in [2.24, 2.45) is 11.7 Å². The maximum Gasteiger partial charge on any atom is 0.255 e. The van der Waals surface area contributed by atoms with Crippen LogP contribution in [0.15, 0.2) is 60.9 Å². The van der Waals surface area contributed by atoms with E-state index in [0.717, 1.165) is 29.3 Å². The highest BCUT2D eigenvalue weighted by atomic mass is 19.1. The summed E-state index contributed by atoms with van der Waals surface area (Å²) in [6.07, 6.45) is 3.72. The van der Waals surface area contributed by atoms with Crippen molar-refractivity contribution in [1.82, 2.24) is 4.98 Å². The van der Waals surface area contributed by atoms with E-state index in [0.29, 0.717) is 23.6 Å². The number of aromatic nitrogens is 1. The molecule has 0 atom stereocenters. The van der Waals surface area contributed by atoms with Gasteiger partial charge in [0.15, 0.2) is 5.82 Å². The van der Waals surface area contributed by atoms with Crippen molar-refractivity contribution in [3.63, 3.8) is 0 Å². The van der Waals surface area contributed by atoms with Crippen molar-refractivity contribution in [3.05, 3.63) is 77.9 Å². The van der Waals surface area contributed by atoms with Crippen LogP contribution in [0.2, 0.25) is 0 Å². The van der Waals surface area contributed by atoms with Crippen LogP contribution in [0, 0.1) is 11.7 Å². The number of anilines is 2. The summed E-state index contributed by atoms with van der Waals surface area (Å²) < 4.78 is 13.8. The molecule has 3 aromatic rings. The van der Waals surface area contributed by atoms with Gasteiger partial charge in [0.05, 0.1) is 11.9 Å². The monoisotopic (exact) mass is 434 g/mol. The van der Waals surface area contributed by atoms with E-state index < -0.39 is 11.7 Å². The van der Waals surface area contributed by atoms with Crippen LogP contribution < -0.4 is 16.4 Å². The first-order valence-corrected chi connectivity index (χ1v) is 10.5. The zero-order valence-electron chi connectivity index (χ0n) is 18.2. The summed E-state index contributed by atoms with van der Waals surface area (Å²) in [5, 5.41) is 5.49. The van der Waals surface area contributed by atoms with E-state index in [-0.39, 0.29) is 18.1 Å². The van der Waals surface area contributed by atoms with Crippen LogP contribution in [0.3, 0.4) is 0 Å². The molecule has 0 saturated carbocycles. The predicted molar refractivity (Wildman–Crippen MR) is 125 cm³/mol. The smallest absolute Gasteiger partial charge is 0.255 e. The lowest BCUT2D eigenvalue weighted by atomic mass is 9.96. The summed E-state index contributed by atoms with van der Waals surface area (Å²) in [6.45, 7) is 4.43. The van der Waals surface area contributed by atoms with E-state index in [9.17, 15) is 14.0 Å². The second-order valence-electron chi connectivity index (χ2n) is 7.95. The molecule has 0 aliphatic heterocycles. The molecule has 32 heavy (non-hydrogen) atoms. The molecule has 0 spiro atoms. The Kier molecular flexibility index (Phi) is 7.68. The largest absolute Gasteiger partial charge is 0.326 e. The van der Waals surface area contributed by atoms with E-state index in [1.54, 1.807) is 18.2 Å². The van der Waals surface area contributed by atoms with Gasteiger partial charge in [-0.1, -0.05) is 32.0 Å². The number of amides is 2. The average molecular weight is 435 g/mol. The van der Waals surface area contributed by atoms with Gasteiger partial charge in [-0.05, 0) is 59.4 Å². The Balaban J connectivity index is 1.85. The van der Waals surface area contributed by atoms with Crippen molar-refractivity contribution in [3.8, 4) is 11.1 Å². The number of nitrogens with two attached hydrogens (primary N) is 1. The molecule has 2 amide bonds. The van der Waals surface area contributed by atoms with Crippen LogP contribution in [-0.4, -0.2) is 16.8 Å². The number of carbonyl (C=O) groups excluding carboxylic acids is 2. The van der Waals surface area contributed by atoms with Gasteiger partial charge in [0.25, 0.3) is 5.91 Å². The van der Waals surface area contributed by atoms with Crippen LogP contribution in [-0.2, 0) is 11.3 Å². The molecule has 1 heterocycles. The van der Waals surface area contributed by atoms with Gasteiger partial charge in [-0.3, -0.25) is 14.6 Å². The van der Waals surface area contributed by atoms with Gasteiger partial charge in [-0.2, -0.15) is 0 Å². The van der Waals surface area contributed by atoms with Gasteiger partial charge in [0.2, 0.25) is 5.91 Å². The summed E-state index contributed by atoms with van der Waals surface area (Å²) >= 11 is 0. The topological polar surface area (TPSA) is 97.1 Å². The highest BCUT2D eigenvalue weighted by Crippen LogP contribution is 2.28. The SMILES string of the molecule is CC(C)CCC(=O)Nc1cccc(-c2cc(C(=O)Nc3ccncc3F)ccc2CN)c1. The molecule has 1 aromatic heterocycles. The highest BCUT2D eigenvalue weighted by molar-refractivity contribution is 6.05. The van der Waals surface area contributed by atoms with Crippen molar-refractivity contribution in [2.45, 2.75) is 33.2 Å². The molecule has 4 N–H and O–H groups in total. The van der Waals surface area contributed by atoms with Gasteiger partial charge in [-0.15, -0.1) is 0 Å². The number of hydrogen-bond donors (Lipinski definition) is 3. The van der Waals surface area contributed by atoms with Crippen LogP contribution >= 0.6 is 0 Å². The van der Waals surface area contributed by atoms with Crippen LogP contribution in [0.5, 0.6) is 0 Å². The number of carbonyl (C=O) groups is 2. The standard InChI is InChI=1S/C25H27FN4O2/c1-16(2)6-9-24(31)29-20-5-3-4-17(12-20)21-13-18(7-8-19(21)14-27)25(32)30-23-10-11-28-15-22(23)26/h3-5,7-8,10-13,15-16H,6,9,14,27H2,1-2H3,(H,29,31)(H,28,30,32). The number of nitrogens with one attached hydrogen (secondary N) is 2. The third-order valence-electron chi connectivity index (χ3n) is 5.02. The molecular formula is C25H27FN4O2. The molecule has 3 rings (SSSR count). The Labute approximate surface area is 187 Å². The molecule has 2 aromatic carbocycles. The Hall–Kier alpha value is -3.58. The molecular weight excluding hydrogens is 407 g/mol. The molecule has 6 nitrogen and oxygen atoms in total. The molecule has 0 fully saturated rings. The minimum absolute atomic E-state index is 0.0394. The number of hydrogen-bond acceptors (Lipinski definition) is 4. The van der Waals surface area contributed by atoms with Gasteiger partial charge >= 0.3 is 0 Å². The summed E-state index contributed by atoms with van der Waals surface area (Å²) in [4.78, 5) is 28.6. The number of benzene rings is 2. The first kappa shape index (κ1) is 23.1. The van der Waals surface area contributed by atoms with E-state index in [1.807, 2.05) is 24.3 Å². The fourth-order valence-electron chi connectivity index (χ4n) is 3.24. The minimum atomic E-state index is -0.611. The van der Waals surface area contributed by atoms with Crippen LogP contribution in [0.1, 0.15) is 42.6 Å². The first-order chi connectivity index (χ1) is 15.4. The molecule has 0 unspecified atom stereocenters. The van der Waals surface area contributed by atoms with Crippen molar-refractivity contribution in [1.29, 1.82) is 0 Å². The maximum atomic E-state index is 13.8. The quantitative estimate of drug-likeness (QED) is 0.466. The second-order valence-corrected chi connectivity index (χ2v) is 7.95. The lowest BCUT2D eigenvalue weighted by Gasteiger charge is -2.13. The van der Waals surface area contributed by atoms with Crippen molar-refractivity contribution >= 4 is 23.2 Å². The summed E-state index contributed by atoms with van der Waals surface area (Å²) in [5.41, 5.74) is 9.44. The lowest BCUT2D eigenvalue weighted by molar-refractivity contribution is -0.116. The Morgan fingerprint density at radius 1 is 1.09 bits per heavy atom. The van der Waals surface area contributed by atoms with E-state index in [1.165, 1.54) is 12.3 Å². The number of pyridine rings is 1. The third kappa shape index (κ3) is 5.98. The number of nitrogens with zero attached hydrogens (tertiary/aromatic N) is 1. The zero-order valence-corrected chi connectivity index (χ0v) is 18.2. The maximum absolute atomic E-state index is 13.8.